The van der Waals surface area contributed by atoms with Crippen molar-refractivity contribution in [2.45, 2.75) is 31.9 Å². The summed E-state index contributed by atoms with van der Waals surface area (Å²) in [4.78, 5) is 4.04. The van der Waals surface area contributed by atoms with Crippen LogP contribution in [0.3, 0.4) is 0 Å². The molecule has 1 heterocycles. The number of aliphatic imine (C=N–C) groups is 1. The van der Waals surface area contributed by atoms with E-state index in [1.165, 1.54) is 12.1 Å². The van der Waals surface area contributed by atoms with Crippen LogP contribution in [-0.4, -0.2) is 38.6 Å². The molecule has 2 N–H and O–H groups in total. The fourth-order valence-electron chi connectivity index (χ4n) is 2.29. The molecular formula is C15H20F3N3O2. The van der Waals surface area contributed by atoms with Gasteiger partial charge in [-0.05, 0) is 18.9 Å². The highest BCUT2D eigenvalue weighted by atomic mass is 19.4. The van der Waals surface area contributed by atoms with Crippen LogP contribution in [0.5, 0.6) is 5.75 Å². The predicted octanol–water partition coefficient (Wildman–Crippen LogP) is 2.43. The lowest BCUT2D eigenvalue weighted by Gasteiger charge is -2.17. The van der Waals surface area contributed by atoms with E-state index in [2.05, 4.69) is 20.4 Å². The summed E-state index contributed by atoms with van der Waals surface area (Å²) in [5.41, 5.74) is 0.393. The highest BCUT2D eigenvalue weighted by molar-refractivity contribution is 5.79. The van der Waals surface area contributed by atoms with Crippen molar-refractivity contribution in [3.8, 4) is 5.75 Å². The van der Waals surface area contributed by atoms with Gasteiger partial charge in [0, 0.05) is 32.3 Å². The maximum atomic E-state index is 12.4. The molecule has 5 nitrogen and oxygen atoms in total. The molecule has 0 aromatic heterocycles. The van der Waals surface area contributed by atoms with Gasteiger partial charge in [0.2, 0.25) is 0 Å². The van der Waals surface area contributed by atoms with E-state index >= 15 is 0 Å². The number of hydrogen-bond acceptors (Lipinski definition) is 3. The molecule has 128 valence electrons. The zero-order valence-electron chi connectivity index (χ0n) is 12.8. The summed E-state index contributed by atoms with van der Waals surface area (Å²) in [6, 6.07) is 6.01. The second-order valence-corrected chi connectivity index (χ2v) is 5.10. The first kappa shape index (κ1) is 17.4. The van der Waals surface area contributed by atoms with E-state index in [0.717, 1.165) is 19.4 Å². The number of hydrogen-bond donors (Lipinski definition) is 2. The van der Waals surface area contributed by atoms with Gasteiger partial charge in [0.15, 0.2) is 5.96 Å². The van der Waals surface area contributed by atoms with Crippen LogP contribution in [0.15, 0.2) is 29.3 Å². The van der Waals surface area contributed by atoms with E-state index in [4.69, 9.17) is 4.74 Å². The number of nitrogens with one attached hydrogen (secondary N) is 2. The molecule has 2 rings (SSSR count). The molecule has 1 saturated heterocycles. The highest BCUT2D eigenvalue weighted by Crippen LogP contribution is 2.26. The van der Waals surface area contributed by atoms with Gasteiger partial charge in [-0.25, -0.2) is 0 Å². The molecule has 1 aromatic carbocycles. The van der Waals surface area contributed by atoms with Crippen molar-refractivity contribution in [3.05, 3.63) is 29.8 Å². The first-order valence-corrected chi connectivity index (χ1v) is 7.37. The summed E-state index contributed by atoms with van der Waals surface area (Å²) in [5, 5.41) is 6.07. The quantitative estimate of drug-likeness (QED) is 0.643. The van der Waals surface area contributed by atoms with Gasteiger partial charge in [-0.3, -0.25) is 4.99 Å². The Labute approximate surface area is 132 Å². The minimum Gasteiger partial charge on any atom is -0.405 e. The molecule has 1 unspecified atom stereocenters. The monoisotopic (exact) mass is 331 g/mol. The van der Waals surface area contributed by atoms with E-state index < -0.39 is 6.36 Å². The molecule has 1 fully saturated rings. The number of benzene rings is 1. The Morgan fingerprint density at radius 2 is 2.13 bits per heavy atom. The minimum absolute atomic E-state index is 0.148. The summed E-state index contributed by atoms with van der Waals surface area (Å²) in [6.07, 6.45) is -2.53. The average molecular weight is 331 g/mol. The molecule has 0 spiro atoms. The number of para-hydroxylation sites is 1. The number of guanidine groups is 1. The zero-order valence-corrected chi connectivity index (χ0v) is 12.8. The van der Waals surface area contributed by atoms with Crippen molar-refractivity contribution >= 4 is 5.96 Å². The Kier molecular flexibility index (Phi) is 6.09. The Morgan fingerprint density at radius 3 is 2.78 bits per heavy atom. The fraction of sp³-hybridized carbons (Fsp3) is 0.533. The lowest BCUT2D eigenvalue weighted by Crippen LogP contribution is -2.40. The number of ether oxygens (including phenoxy) is 2. The van der Waals surface area contributed by atoms with Gasteiger partial charge in [-0.15, -0.1) is 13.2 Å². The van der Waals surface area contributed by atoms with Crippen LogP contribution in [0.25, 0.3) is 0 Å². The molecule has 1 aromatic rings. The van der Waals surface area contributed by atoms with E-state index in [9.17, 15) is 13.2 Å². The smallest absolute Gasteiger partial charge is 0.405 e. The largest absolute Gasteiger partial charge is 0.573 e. The summed E-state index contributed by atoms with van der Waals surface area (Å²) in [7, 11) is 1.60. The normalized spacial score (nSPS) is 18.8. The average Bonchev–Trinajstić information content (AvgIpc) is 3.01. The van der Waals surface area contributed by atoms with Crippen molar-refractivity contribution in [1.82, 2.24) is 10.6 Å². The topological polar surface area (TPSA) is 54.9 Å². The van der Waals surface area contributed by atoms with Gasteiger partial charge in [0.25, 0.3) is 0 Å². The van der Waals surface area contributed by atoms with Crippen LogP contribution >= 0.6 is 0 Å². The Balaban J connectivity index is 1.88. The van der Waals surface area contributed by atoms with Crippen molar-refractivity contribution in [2.75, 3.05) is 20.2 Å². The van der Waals surface area contributed by atoms with Crippen molar-refractivity contribution in [1.29, 1.82) is 0 Å². The molecule has 1 aliphatic heterocycles. The highest BCUT2D eigenvalue weighted by Gasteiger charge is 2.31. The molecule has 0 aliphatic carbocycles. The van der Waals surface area contributed by atoms with Crippen LogP contribution in [0.4, 0.5) is 13.2 Å². The number of halogens is 3. The van der Waals surface area contributed by atoms with E-state index in [0.29, 0.717) is 18.1 Å². The molecule has 1 aliphatic rings. The van der Waals surface area contributed by atoms with Gasteiger partial charge < -0.3 is 20.1 Å². The Hall–Kier alpha value is -1.96. The van der Waals surface area contributed by atoms with E-state index in [-0.39, 0.29) is 18.4 Å². The predicted molar refractivity (Wildman–Crippen MR) is 80.3 cm³/mol. The number of alkyl halides is 3. The Morgan fingerprint density at radius 1 is 1.35 bits per heavy atom. The maximum absolute atomic E-state index is 12.4. The fourth-order valence-corrected chi connectivity index (χ4v) is 2.29. The summed E-state index contributed by atoms with van der Waals surface area (Å²) in [6.45, 7) is 1.54. The van der Waals surface area contributed by atoms with Gasteiger partial charge in [-0.1, -0.05) is 18.2 Å². The maximum Gasteiger partial charge on any atom is 0.573 e. The number of nitrogens with zero attached hydrogens (tertiary/aromatic N) is 1. The summed E-state index contributed by atoms with van der Waals surface area (Å²) >= 11 is 0. The molecule has 0 bridgehead atoms. The van der Waals surface area contributed by atoms with E-state index in [1.54, 1.807) is 19.2 Å². The van der Waals surface area contributed by atoms with Crippen LogP contribution in [-0.2, 0) is 11.3 Å². The first-order valence-electron chi connectivity index (χ1n) is 7.37. The number of rotatable bonds is 5. The summed E-state index contributed by atoms with van der Waals surface area (Å²) < 4.78 is 46.7. The molecule has 8 heteroatoms. The molecular weight excluding hydrogens is 311 g/mol. The van der Waals surface area contributed by atoms with Crippen molar-refractivity contribution in [2.24, 2.45) is 4.99 Å². The lowest BCUT2D eigenvalue weighted by molar-refractivity contribution is -0.274. The van der Waals surface area contributed by atoms with Gasteiger partial charge in [0.05, 0.1) is 6.10 Å². The molecule has 0 amide bonds. The van der Waals surface area contributed by atoms with Gasteiger partial charge in [-0.2, -0.15) is 0 Å². The lowest BCUT2D eigenvalue weighted by atomic mass is 10.2. The third kappa shape index (κ3) is 5.97. The standard InChI is InChI=1S/C15H20F3N3O2/c1-19-14(21-10-12-6-4-8-22-12)20-9-11-5-2-3-7-13(11)23-15(16,17)18/h2-3,5,7,12H,4,6,8-10H2,1H3,(H2,19,20,21). The Bertz CT molecular complexity index is 529. The van der Waals surface area contributed by atoms with Crippen LogP contribution in [0.2, 0.25) is 0 Å². The van der Waals surface area contributed by atoms with Crippen molar-refractivity contribution < 1.29 is 22.6 Å². The second kappa shape index (κ2) is 8.05. The molecule has 0 radical (unpaired) electrons. The SMILES string of the molecule is CN=C(NCc1ccccc1OC(F)(F)F)NCC1CCCO1. The zero-order chi connectivity index (χ0) is 16.7. The van der Waals surface area contributed by atoms with Crippen LogP contribution in [0, 0.1) is 0 Å². The van der Waals surface area contributed by atoms with Gasteiger partial charge in [0.1, 0.15) is 5.75 Å². The third-order valence-electron chi connectivity index (χ3n) is 3.39. The van der Waals surface area contributed by atoms with Crippen LogP contribution in [0.1, 0.15) is 18.4 Å². The minimum atomic E-state index is -4.71. The third-order valence-corrected chi connectivity index (χ3v) is 3.39. The van der Waals surface area contributed by atoms with Gasteiger partial charge >= 0.3 is 6.36 Å². The second-order valence-electron chi connectivity index (χ2n) is 5.10. The first-order chi connectivity index (χ1) is 11.0. The molecule has 1 atom stereocenters. The van der Waals surface area contributed by atoms with Crippen molar-refractivity contribution in [3.63, 3.8) is 0 Å². The van der Waals surface area contributed by atoms with Crippen LogP contribution < -0.4 is 15.4 Å². The molecule has 23 heavy (non-hydrogen) atoms. The molecule has 0 saturated carbocycles. The van der Waals surface area contributed by atoms with E-state index in [1.807, 2.05) is 0 Å². The summed E-state index contributed by atoms with van der Waals surface area (Å²) in [5.74, 6) is 0.282.